The predicted octanol–water partition coefficient (Wildman–Crippen LogP) is 5.13. The van der Waals surface area contributed by atoms with E-state index in [1.165, 1.54) is 11.3 Å². The Hall–Kier alpha value is -2.26. The first-order valence-corrected chi connectivity index (χ1v) is 7.26. The molecule has 0 saturated carbocycles. The lowest BCUT2D eigenvalue weighted by Gasteiger charge is -2.03. The number of aryl methyl sites for hydroxylation is 1. The minimum Gasteiger partial charge on any atom is -0.260 e. The van der Waals surface area contributed by atoms with Gasteiger partial charge in [-0.25, -0.2) is 0 Å². The Balaban J connectivity index is 2.05. The highest BCUT2D eigenvalue weighted by Gasteiger charge is 2.11. The maximum atomic E-state index is 8.30. The van der Waals surface area contributed by atoms with Gasteiger partial charge in [0, 0.05) is 43.2 Å². The van der Waals surface area contributed by atoms with Gasteiger partial charge >= 0.3 is 0 Å². The summed E-state index contributed by atoms with van der Waals surface area (Å²) in [4.78, 5) is 8.42. The molecule has 4 rings (SSSR count). The van der Waals surface area contributed by atoms with E-state index in [9.17, 15) is 0 Å². The normalized spacial score (nSPS) is 16.0. The van der Waals surface area contributed by atoms with Crippen LogP contribution in [0.5, 0.6) is 0 Å². The standard InChI is InChI=1S/C18H14N2S/c1-11-6-7-16(20-9-11)14-5-3-4-13-15-8-12(2)19-10-17(15)21-18(13)14/h3-10H,1-2H3/i1D3,6D,7D,9D. The molecule has 3 aromatic heterocycles. The van der Waals surface area contributed by atoms with Crippen molar-refractivity contribution in [2.24, 2.45) is 0 Å². The van der Waals surface area contributed by atoms with E-state index in [4.69, 9.17) is 8.22 Å². The monoisotopic (exact) mass is 296 g/mol. The van der Waals surface area contributed by atoms with Crippen molar-refractivity contribution in [2.75, 3.05) is 0 Å². The van der Waals surface area contributed by atoms with Crippen LogP contribution in [0.25, 0.3) is 31.4 Å². The zero-order valence-corrected chi connectivity index (χ0v) is 12.0. The number of benzene rings is 1. The summed E-state index contributed by atoms with van der Waals surface area (Å²) in [5, 5.41) is 2.03. The summed E-state index contributed by atoms with van der Waals surface area (Å²) in [6.45, 7) is -0.731. The van der Waals surface area contributed by atoms with E-state index in [1.54, 1.807) is 12.3 Å². The number of thiophene rings is 1. The molecule has 0 bridgehead atoms. The zero-order chi connectivity index (χ0) is 19.5. The molecule has 0 fully saturated rings. The number of fused-ring (bicyclic) bond motifs is 3. The van der Waals surface area contributed by atoms with Gasteiger partial charge in [0.2, 0.25) is 0 Å². The largest absolute Gasteiger partial charge is 0.260 e. The minimum atomic E-state index is -2.65. The lowest BCUT2D eigenvalue weighted by Crippen LogP contribution is -1.84. The molecule has 102 valence electrons. The van der Waals surface area contributed by atoms with Gasteiger partial charge in [0.1, 0.15) is 0 Å². The molecular formula is C18H14N2S. The van der Waals surface area contributed by atoms with Gasteiger partial charge in [0.25, 0.3) is 0 Å². The summed E-state index contributed by atoms with van der Waals surface area (Å²) in [6, 6.07) is 6.84. The summed E-state index contributed by atoms with van der Waals surface area (Å²) in [5.74, 6) is 0. The molecule has 0 aliphatic rings. The molecule has 1 aromatic carbocycles. The molecule has 3 heteroatoms. The zero-order valence-electron chi connectivity index (χ0n) is 17.2. The number of pyridine rings is 2. The van der Waals surface area contributed by atoms with Crippen LogP contribution in [-0.2, 0) is 0 Å². The Labute approximate surface area is 135 Å². The van der Waals surface area contributed by atoms with E-state index >= 15 is 0 Å². The molecule has 0 radical (unpaired) electrons. The van der Waals surface area contributed by atoms with Crippen LogP contribution in [0, 0.1) is 13.8 Å². The first-order chi connectivity index (χ1) is 12.7. The maximum Gasteiger partial charge on any atom is 0.0843 e. The molecule has 0 N–H and O–H groups in total. The van der Waals surface area contributed by atoms with Gasteiger partial charge in [-0.3, -0.25) is 9.97 Å². The summed E-state index contributed by atoms with van der Waals surface area (Å²) >= 11 is 1.50. The highest BCUT2D eigenvalue weighted by molar-refractivity contribution is 7.26. The molecule has 0 unspecified atom stereocenters. The maximum absolute atomic E-state index is 8.30. The van der Waals surface area contributed by atoms with E-state index in [1.807, 2.05) is 25.1 Å². The van der Waals surface area contributed by atoms with Crippen LogP contribution in [-0.4, -0.2) is 9.97 Å². The van der Waals surface area contributed by atoms with Gasteiger partial charge < -0.3 is 0 Å². The molecule has 2 nitrogen and oxygen atoms in total. The van der Waals surface area contributed by atoms with E-state index in [2.05, 4.69) is 9.97 Å². The molecule has 0 spiro atoms. The lowest BCUT2D eigenvalue weighted by atomic mass is 10.1. The van der Waals surface area contributed by atoms with Crippen LogP contribution >= 0.6 is 11.3 Å². The fourth-order valence-electron chi connectivity index (χ4n) is 2.41. The van der Waals surface area contributed by atoms with E-state index in [0.717, 1.165) is 25.9 Å². The van der Waals surface area contributed by atoms with Crippen LogP contribution in [0.2, 0.25) is 0 Å². The molecular weight excluding hydrogens is 276 g/mol. The number of nitrogens with zero attached hydrogens (tertiary/aromatic N) is 2. The third kappa shape index (κ3) is 2.01. The third-order valence-corrected chi connectivity index (χ3v) is 4.55. The Morgan fingerprint density at radius 1 is 1.19 bits per heavy atom. The van der Waals surface area contributed by atoms with Crippen molar-refractivity contribution in [2.45, 2.75) is 13.8 Å². The Bertz CT molecular complexity index is 1210. The molecule has 4 aromatic rings. The highest BCUT2D eigenvalue weighted by Crippen LogP contribution is 2.39. The van der Waals surface area contributed by atoms with Crippen LogP contribution in [0.3, 0.4) is 0 Å². The molecule has 0 amide bonds. The summed E-state index contributed by atoms with van der Waals surface area (Å²) in [7, 11) is 0. The Morgan fingerprint density at radius 2 is 2.14 bits per heavy atom. The number of rotatable bonds is 1. The van der Waals surface area contributed by atoms with Gasteiger partial charge in [0.15, 0.2) is 0 Å². The second-order valence-corrected chi connectivity index (χ2v) is 5.86. The van der Waals surface area contributed by atoms with E-state index in [-0.39, 0.29) is 11.7 Å². The molecule has 0 saturated heterocycles. The van der Waals surface area contributed by atoms with Crippen LogP contribution in [0.15, 0.2) is 48.7 Å². The van der Waals surface area contributed by atoms with Crippen molar-refractivity contribution in [1.82, 2.24) is 9.97 Å². The van der Waals surface area contributed by atoms with Crippen molar-refractivity contribution < 1.29 is 8.22 Å². The lowest BCUT2D eigenvalue weighted by molar-refractivity contribution is 1.23. The van der Waals surface area contributed by atoms with Gasteiger partial charge in [-0.15, -0.1) is 11.3 Å². The number of hydrogen-bond donors (Lipinski definition) is 0. The van der Waals surface area contributed by atoms with Crippen molar-refractivity contribution in [3.05, 3.63) is 60.0 Å². The fourth-order valence-corrected chi connectivity index (χ4v) is 3.58. The molecule has 3 heterocycles. The van der Waals surface area contributed by atoms with E-state index < -0.39 is 24.6 Å². The number of aromatic nitrogens is 2. The molecule has 21 heavy (non-hydrogen) atoms. The summed E-state index contributed by atoms with van der Waals surface area (Å²) in [6.07, 6.45) is 1.32. The quantitative estimate of drug-likeness (QED) is 0.486. The number of hydrogen-bond acceptors (Lipinski definition) is 3. The predicted molar refractivity (Wildman–Crippen MR) is 89.8 cm³/mol. The summed E-state index contributed by atoms with van der Waals surface area (Å²) in [5.41, 5.74) is 1.19. The minimum absolute atomic E-state index is 0.153. The van der Waals surface area contributed by atoms with Crippen LogP contribution in [0.4, 0.5) is 0 Å². The molecule has 0 aliphatic heterocycles. The second-order valence-electron chi connectivity index (χ2n) is 4.80. The Kier molecular flexibility index (Phi) is 1.69. The highest BCUT2D eigenvalue weighted by atomic mass is 32.1. The summed E-state index contributed by atoms with van der Waals surface area (Å²) < 4.78 is 48.8. The Morgan fingerprint density at radius 3 is 3.05 bits per heavy atom. The average molecular weight is 296 g/mol. The molecule has 0 aliphatic carbocycles. The van der Waals surface area contributed by atoms with Gasteiger partial charge in [-0.1, -0.05) is 24.2 Å². The van der Waals surface area contributed by atoms with Crippen LogP contribution < -0.4 is 0 Å². The topological polar surface area (TPSA) is 25.8 Å². The second kappa shape index (κ2) is 4.64. The van der Waals surface area contributed by atoms with E-state index in [0.29, 0.717) is 5.56 Å². The fraction of sp³-hybridized carbons (Fsp3) is 0.111. The smallest absolute Gasteiger partial charge is 0.0843 e. The molecule has 0 atom stereocenters. The SMILES string of the molecule is [2H]c1nc(-c2cccc3c2sc2cnc(C)cc23)c([2H])c([2H])c1C([2H])([2H])[2H]. The van der Waals surface area contributed by atoms with Gasteiger partial charge in [0.05, 0.1) is 14.5 Å². The van der Waals surface area contributed by atoms with Crippen molar-refractivity contribution in [3.63, 3.8) is 0 Å². The van der Waals surface area contributed by atoms with Crippen LogP contribution in [0.1, 0.15) is 19.5 Å². The first-order valence-electron chi connectivity index (χ1n) is 9.45. The van der Waals surface area contributed by atoms with Crippen molar-refractivity contribution >= 4 is 31.5 Å². The van der Waals surface area contributed by atoms with Gasteiger partial charge in [-0.05, 0) is 31.4 Å². The third-order valence-electron chi connectivity index (χ3n) is 3.36. The first kappa shape index (κ1) is 7.66. The van der Waals surface area contributed by atoms with Crippen molar-refractivity contribution in [1.29, 1.82) is 0 Å². The average Bonchev–Trinajstić information content (AvgIpc) is 2.95. The van der Waals surface area contributed by atoms with Crippen molar-refractivity contribution in [3.8, 4) is 11.3 Å². The van der Waals surface area contributed by atoms with Gasteiger partial charge in [-0.2, -0.15) is 0 Å².